The zero-order chi connectivity index (χ0) is 12.5. The lowest BCUT2D eigenvalue weighted by molar-refractivity contribution is 0.1000. The summed E-state index contributed by atoms with van der Waals surface area (Å²) in [4.78, 5) is 16.2. The van der Waals surface area contributed by atoms with Crippen LogP contribution in [0.3, 0.4) is 0 Å². The first-order valence-electron chi connectivity index (χ1n) is 6.00. The largest absolute Gasteiger partial charge is 0.292 e. The number of carbonyl (C=O) groups is 1. The van der Waals surface area contributed by atoms with E-state index in [0.29, 0.717) is 0 Å². The van der Waals surface area contributed by atoms with E-state index >= 15 is 0 Å². The lowest BCUT2D eigenvalue weighted by Crippen LogP contribution is -2.19. The van der Waals surface area contributed by atoms with Gasteiger partial charge in [-0.05, 0) is 6.92 Å². The number of aliphatic imine (C=N–C) groups is 1. The molecule has 2 heteroatoms. The molecule has 0 saturated heterocycles. The Morgan fingerprint density at radius 3 is 2.33 bits per heavy atom. The van der Waals surface area contributed by atoms with Gasteiger partial charge in [0, 0.05) is 16.7 Å². The zero-order valence-corrected chi connectivity index (χ0v) is 10.2. The number of benzene rings is 2. The minimum atomic E-state index is 0.0986. The van der Waals surface area contributed by atoms with Crippen LogP contribution in [0.4, 0.5) is 0 Å². The first kappa shape index (κ1) is 10.9. The minimum absolute atomic E-state index is 0.0986. The lowest BCUT2D eigenvalue weighted by Gasteiger charge is -2.16. The van der Waals surface area contributed by atoms with E-state index in [1.165, 1.54) is 5.56 Å². The zero-order valence-electron chi connectivity index (χ0n) is 10.2. The second-order valence-electron chi connectivity index (χ2n) is 4.50. The first-order valence-corrected chi connectivity index (χ1v) is 6.00. The van der Waals surface area contributed by atoms with E-state index in [4.69, 9.17) is 0 Å². The van der Waals surface area contributed by atoms with Crippen LogP contribution in [0.1, 0.15) is 27.0 Å². The van der Waals surface area contributed by atoms with Crippen molar-refractivity contribution in [2.45, 2.75) is 6.92 Å². The Balaban J connectivity index is 2.14. The summed E-state index contributed by atoms with van der Waals surface area (Å²) in [6.45, 7) is 2.31. The number of hydrogen-bond acceptors (Lipinski definition) is 2. The van der Waals surface area contributed by atoms with Crippen molar-refractivity contribution < 1.29 is 4.79 Å². The fraction of sp³-hybridized carbons (Fsp3) is 0.125. The summed E-state index contributed by atoms with van der Waals surface area (Å²) in [6.07, 6.45) is 0. The molecule has 18 heavy (non-hydrogen) atoms. The van der Waals surface area contributed by atoms with Crippen LogP contribution in [0.15, 0.2) is 53.5 Å². The van der Waals surface area contributed by atoms with Crippen LogP contribution in [0.2, 0.25) is 0 Å². The van der Waals surface area contributed by atoms with Gasteiger partial charge in [-0.2, -0.15) is 0 Å². The molecule has 0 unspecified atom stereocenters. The summed E-state index contributed by atoms with van der Waals surface area (Å²) < 4.78 is 0. The summed E-state index contributed by atoms with van der Waals surface area (Å²) in [7, 11) is 0. The van der Waals surface area contributed by atoms with Crippen LogP contribution in [-0.4, -0.2) is 18.0 Å². The van der Waals surface area contributed by atoms with Gasteiger partial charge >= 0.3 is 0 Å². The molecular weight excluding hydrogens is 222 g/mol. The third kappa shape index (κ3) is 1.76. The maximum Gasteiger partial charge on any atom is 0.184 e. The molecule has 2 aromatic carbocycles. The van der Waals surface area contributed by atoms with Crippen molar-refractivity contribution in [3.63, 3.8) is 0 Å². The van der Waals surface area contributed by atoms with Crippen LogP contribution in [0.25, 0.3) is 0 Å². The van der Waals surface area contributed by atoms with Crippen molar-refractivity contribution in [3.05, 3.63) is 70.8 Å². The maximum atomic E-state index is 11.8. The monoisotopic (exact) mass is 235 g/mol. The molecule has 0 radical (unpaired) electrons. The van der Waals surface area contributed by atoms with Gasteiger partial charge in [0.1, 0.15) is 6.54 Å². The van der Waals surface area contributed by atoms with Crippen molar-refractivity contribution in [3.8, 4) is 0 Å². The second-order valence-corrected chi connectivity index (χ2v) is 4.50. The molecule has 0 fully saturated rings. The molecule has 0 amide bonds. The van der Waals surface area contributed by atoms with E-state index in [9.17, 15) is 4.79 Å². The van der Waals surface area contributed by atoms with E-state index in [1.807, 2.05) is 24.3 Å². The van der Waals surface area contributed by atoms with E-state index in [-0.39, 0.29) is 12.3 Å². The van der Waals surface area contributed by atoms with Gasteiger partial charge in [-0.1, -0.05) is 54.1 Å². The molecule has 88 valence electrons. The second kappa shape index (κ2) is 4.22. The molecule has 1 aliphatic heterocycles. The predicted octanol–water partition coefficient (Wildman–Crippen LogP) is 3.03. The predicted molar refractivity (Wildman–Crippen MR) is 72.5 cm³/mol. The van der Waals surface area contributed by atoms with Gasteiger partial charge < -0.3 is 0 Å². The smallest absolute Gasteiger partial charge is 0.184 e. The first-order chi connectivity index (χ1) is 8.75. The van der Waals surface area contributed by atoms with Gasteiger partial charge in [-0.3, -0.25) is 9.79 Å². The topological polar surface area (TPSA) is 29.4 Å². The minimum Gasteiger partial charge on any atom is -0.292 e. The Morgan fingerprint density at radius 2 is 1.61 bits per heavy atom. The third-order valence-electron chi connectivity index (χ3n) is 3.19. The summed E-state index contributed by atoms with van der Waals surface area (Å²) in [5.74, 6) is 0.0986. The molecule has 1 heterocycles. The number of carbonyl (C=O) groups excluding carboxylic acids is 1. The van der Waals surface area contributed by atoms with Crippen LogP contribution in [0, 0.1) is 6.92 Å². The van der Waals surface area contributed by atoms with Gasteiger partial charge in [0.25, 0.3) is 0 Å². The molecule has 0 spiro atoms. The van der Waals surface area contributed by atoms with Gasteiger partial charge in [-0.25, -0.2) is 0 Å². The summed E-state index contributed by atoms with van der Waals surface area (Å²) in [5.41, 5.74) is 4.94. The van der Waals surface area contributed by atoms with Crippen molar-refractivity contribution in [1.82, 2.24) is 0 Å². The number of nitrogens with zero attached hydrogens (tertiary/aromatic N) is 1. The number of rotatable bonds is 1. The highest BCUT2D eigenvalue weighted by atomic mass is 16.1. The highest BCUT2D eigenvalue weighted by Crippen LogP contribution is 2.20. The number of hydrogen-bond donors (Lipinski definition) is 0. The van der Waals surface area contributed by atoms with Crippen molar-refractivity contribution in [1.29, 1.82) is 0 Å². The van der Waals surface area contributed by atoms with Gasteiger partial charge in [-0.15, -0.1) is 0 Å². The van der Waals surface area contributed by atoms with Crippen LogP contribution >= 0.6 is 0 Å². The summed E-state index contributed by atoms with van der Waals surface area (Å²) in [5, 5.41) is 0. The van der Waals surface area contributed by atoms with Crippen molar-refractivity contribution in [2.75, 3.05) is 6.54 Å². The van der Waals surface area contributed by atoms with Gasteiger partial charge in [0.2, 0.25) is 0 Å². The molecule has 2 aromatic rings. The molecule has 0 aliphatic carbocycles. The fourth-order valence-corrected chi connectivity index (χ4v) is 2.21. The van der Waals surface area contributed by atoms with E-state index in [2.05, 4.69) is 36.2 Å². The Kier molecular flexibility index (Phi) is 2.56. The summed E-state index contributed by atoms with van der Waals surface area (Å²) >= 11 is 0. The highest BCUT2D eigenvalue weighted by molar-refractivity contribution is 6.21. The third-order valence-corrected chi connectivity index (χ3v) is 3.19. The molecule has 0 N–H and O–H groups in total. The molecular formula is C16H13NO. The standard InChI is InChI=1S/C16H13NO/c1-11-6-8-12(9-7-11)16-14-5-3-2-4-13(14)15(18)10-17-16/h2-9H,10H2,1H3. The average molecular weight is 235 g/mol. The molecule has 1 aliphatic rings. The number of Topliss-reactive ketones (excluding diaryl/α,β-unsaturated/α-hetero) is 1. The quantitative estimate of drug-likeness (QED) is 0.747. The Hall–Kier alpha value is -2.22. The van der Waals surface area contributed by atoms with Gasteiger partial charge in [0.05, 0.1) is 5.71 Å². The highest BCUT2D eigenvalue weighted by Gasteiger charge is 2.20. The molecule has 0 saturated carbocycles. The normalized spacial score (nSPS) is 14.1. The fourth-order valence-electron chi connectivity index (χ4n) is 2.21. The van der Waals surface area contributed by atoms with Crippen LogP contribution in [0.5, 0.6) is 0 Å². The number of ketones is 1. The lowest BCUT2D eigenvalue weighted by atomic mass is 9.92. The molecule has 0 bridgehead atoms. The van der Waals surface area contributed by atoms with Crippen LogP contribution < -0.4 is 0 Å². The van der Waals surface area contributed by atoms with Gasteiger partial charge in [0.15, 0.2) is 5.78 Å². The number of fused-ring (bicyclic) bond motifs is 1. The van der Waals surface area contributed by atoms with Crippen LogP contribution in [-0.2, 0) is 0 Å². The van der Waals surface area contributed by atoms with E-state index in [1.54, 1.807) is 0 Å². The molecule has 3 rings (SSSR count). The van der Waals surface area contributed by atoms with E-state index in [0.717, 1.165) is 22.4 Å². The molecule has 0 atom stereocenters. The van der Waals surface area contributed by atoms with Crippen molar-refractivity contribution >= 4 is 11.5 Å². The molecule has 0 aromatic heterocycles. The van der Waals surface area contributed by atoms with E-state index < -0.39 is 0 Å². The summed E-state index contributed by atoms with van der Waals surface area (Å²) in [6, 6.07) is 15.9. The Bertz CT molecular complexity index is 638. The number of aryl methyl sites for hydroxylation is 1. The Morgan fingerprint density at radius 1 is 0.944 bits per heavy atom. The Labute approximate surface area is 106 Å². The van der Waals surface area contributed by atoms with Crippen molar-refractivity contribution in [2.24, 2.45) is 4.99 Å². The maximum absolute atomic E-state index is 11.8. The molecule has 2 nitrogen and oxygen atoms in total. The SMILES string of the molecule is Cc1ccc(C2=NCC(=O)c3ccccc32)cc1. The average Bonchev–Trinajstić information content (AvgIpc) is 2.41.